The number of aryl methyl sites for hydroxylation is 1. The lowest BCUT2D eigenvalue weighted by molar-refractivity contribution is -0.126. The fourth-order valence-electron chi connectivity index (χ4n) is 3.22. The molecular weight excluding hydrogens is 276 g/mol. The molecule has 0 aromatic carbocycles. The number of fused-ring (bicyclic) bond motifs is 3. The SMILES string of the molecule is CCc1cc2n(n1)C1NC(=O)C(C3C=CC=CC3)C=C1C=N2. The third kappa shape index (κ3) is 2.04. The second kappa shape index (κ2) is 5.09. The van der Waals surface area contributed by atoms with Crippen molar-refractivity contribution in [3.8, 4) is 0 Å². The molecule has 2 aliphatic heterocycles. The molecule has 1 aromatic heterocycles. The summed E-state index contributed by atoms with van der Waals surface area (Å²) in [5.74, 6) is 0.950. The summed E-state index contributed by atoms with van der Waals surface area (Å²) in [7, 11) is 0. The smallest absolute Gasteiger partial charge is 0.229 e. The lowest BCUT2D eigenvalue weighted by Gasteiger charge is -2.33. The standard InChI is InChI=1S/C17H18N4O/c1-2-13-9-15-18-10-12-8-14(11-6-4-3-5-7-11)17(22)19-16(12)21(15)20-13/h3-6,8-11,14,16H,2,7H2,1H3,(H,19,22). The van der Waals surface area contributed by atoms with E-state index in [1.165, 1.54) is 0 Å². The molecule has 1 N–H and O–H groups in total. The van der Waals surface area contributed by atoms with Crippen LogP contribution in [-0.4, -0.2) is 21.9 Å². The molecule has 0 bridgehead atoms. The maximum atomic E-state index is 12.5. The van der Waals surface area contributed by atoms with Gasteiger partial charge in [0.2, 0.25) is 5.91 Å². The van der Waals surface area contributed by atoms with E-state index in [4.69, 9.17) is 0 Å². The molecule has 5 heteroatoms. The number of aliphatic imine (C=N–C) groups is 1. The predicted molar refractivity (Wildman–Crippen MR) is 84.9 cm³/mol. The van der Waals surface area contributed by atoms with Crippen LogP contribution < -0.4 is 5.32 Å². The van der Waals surface area contributed by atoms with Gasteiger partial charge in [-0.1, -0.05) is 37.3 Å². The van der Waals surface area contributed by atoms with Crippen molar-refractivity contribution in [3.63, 3.8) is 0 Å². The minimum Gasteiger partial charge on any atom is -0.330 e. The van der Waals surface area contributed by atoms with E-state index in [1.54, 1.807) is 0 Å². The zero-order valence-corrected chi connectivity index (χ0v) is 12.4. The molecule has 3 unspecified atom stereocenters. The Hall–Kier alpha value is -2.43. The molecule has 1 aromatic rings. The van der Waals surface area contributed by atoms with E-state index in [2.05, 4.69) is 40.6 Å². The van der Waals surface area contributed by atoms with Gasteiger partial charge in [-0.25, -0.2) is 9.67 Å². The summed E-state index contributed by atoms with van der Waals surface area (Å²) in [5, 5.41) is 7.65. The predicted octanol–water partition coefficient (Wildman–Crippen LogP) is 2.46. The number of hydrogen-bond acceptors (Lipinski definition) is 3. The number of hydrogen-bond donors (Lipinski definition) is 1. The van der Waals surface area contributed by atoms with Crippen molar-refractivity contribution in [2.75, 3.05) is 0 Å². The van der Waals surface area contributed by atoms with Crippen molar-refractivity contribution in [2.45, 2.75) is 25.9 Å². The zero-order chi connectivity index (χ0) is 15.1. The van der Waals surface area contributed by atoms with Gasteiger partial charge in [-0.15, -0.1) is 0 Å². The van der Waals surface area contributed by atoms with Gasteiger partial charge in [0, 0.05) is 17.9 Å². The monoisotopic (exact) mass is 294 g/mol. The molecule has 3 atom stereocenters. The number of aromatic nitrogens is 2. The number of amides is 1. The van der Waals surface area contributed by atoms with Gasteiger partial charge in [0.1, 0.15) is 0 Å². The third-order valence-electron chi connectivity index (χ3n) is 4.46. The molecule has 0 radical (unpaired) electrons. The van der Waals surface area contributed by atoms with Crippen LogP contribution >= 0.6 is 0 Å². The van der Waals surface area contributed by atoms with Crippen LogP contribution in [0.1, 0.15) is 25.2 Å². The Morgan fingerprint density at radius 2 is 2.32 bits per heavy atom. The fraction of sp³-hybridized carbons (Fsp3) is 0.353. The number of rotatable bonds is 2. The van der Waals surface area contributed by atoms with Gasteiger partial charge in [-0.05, 0) is 18.8 Å². The molecule has 1 amide bonds. The van der Waals surface area contributed by atoms with Crippen molar-refractivity contribution in [1.29, 1.82) is 0 Å². The third-order valence-corrected chi connectivity index (χ3v) is 4.46. The Labute approximate surface area is 129 Å². The highest BCUT2D eigenvalue weighted by molar-refractivity contribution is 5.91. The van der Waals surface area contributed by atoms with Gasteiger partial charge in [0.25, 0.3) is 0 Å². The molecule has 0 spiro atoms. The molecule has 1 aliphatic carbocycles. The van der Waals surface area contributed by atoms with Gasteiger partial charge in [0.15, 0.2) is 12.0 Å². The van der Waals surface area contributed by atoms with Crippen molar-refractivity contribution in [3.05, 3.63) is 47.7 Å². The Morgan fingerprint density at radius 1 is 1.41 bits per heavy atom. The minimum absolute atomic E-state index is 0.0634. The lowest BCUT2D eigenvalue weighted by Crippen LogP contribution is -2.44. The number of allylic oxidation sites excluding steroid dienone is 4. The largest absolute Gasteiger partial charge is 0.330 e. The zero-order valence-electron chi connectivity index (χ0n) is 12.4. The summed E-state index contributed by atoms with van der Waals surface area (Å²) >= 11 is 0. The summed E-state index contributed by atoms with van der Waals surface area (Å²) in [6.45, 7) is 2.06. The second-order valence-electron chi connectivity index (χ2n) is 5.87. The molecule has 112 valence electrons. The van der Waals surface area contributed by atoms with Crippen LogP contribution in [0.3, 0.4) is 0 Å². The molecule has 0 saturated heterocycles. The molecule has 22 heavy (non-hydrogen) atoms. The molecule has 0 saturated carbocycles. The molecule has 3 heterocycles. The van der Waals surface area contributed by atoms with E-state index in [0.29, 0.717) is 0 Å². The first-order valence-corrected chi connectivity index (χ1v) is 7.74. The van der Waals surface area contributed by atoms with Gasteiger partial charge in [-0.3, -0.25) is 4.79 Å². The lowest BCUT2D eigenvalue weighted by atomic mass is 9.83. The van der Waals surface area contributed by atoms with Crippen LogP contribution in [0.4, 0.5) is 5.82 Å². The van der Waals surface area contributed by atoms with Gasteiger partial charge >= 0.3 is 0 Å². The van der Waals surface area contributed by atoms with Gasteiger partial charge in [0.05, 0.1) is 11.6 Å². The van der Waals surface area contributed by atoms with E-state index in [1.807, 2.05) is 29.1 Å². The summed E-state index contributed by atoms with van der Waals surface area (Å²) in [6, 6.07) is 1.97. The summed E-state index contributed by atoms with van der Waals surface area (Å²) in [4.78, 5) is 17.0. The Morgan fingerprint density at radius 3 is 3.09 bits per heavy atom. The Bertz CT molecular complexity index is 738. The highest BCUT2D eigenvalue weighted by Gasteiger charge is 2.35. The van der Waals surface area contributed by atoms with Crippen molar-refractivity contribution < 1.29 is 4.79 Å². The Balaban J connectivity index is 1.69. The Kier molecular flexibility index (Phi) is 3.06. The number of carbonyl (C=O) groups is 1. The average Bonchev–Trinajstić information content (AvgIpc) is 2.99. The second-order valence-corrected chi connectivity index (χ2v) is 5.87. The van der Waals surface area contributed by atoms with Gasteiger partial charge < -0.3 is 5.32 Å². The van der Waals surface area contributed by atoms with Crippen molar-refractivity contribution in [2.24, 2.45) is 16.8 Å². The fourth-order valence-corrected chi connectivity index (χ4v) is 3.22. The van der Waals surface area contributed by atoms with Crippen LogP contribution in [0, 0.1) is 11.8 Å². The van der Waals surface area contributed by atoms with Crippen LogP contribution in [0.25, 0.3) is 0 Å². The minimum atomic E-state index is -0.223. The maximum absolute atomic E-state index is 12.5. The van der Waals surface area contributed by atoms with E-state index >= 15 is 0 Å². The first kappa shape index (κ1) is 13.2. The molecule has 5 nitrogen and oxygen atoms in total. The summed E-state index contributed by atoms with van der Waals surface area (Å²) in [5.41, 5.74) is 2.01. The molecular formula is C17H18N4O. The normalized spacial score (nSPS) is 28.9. The van der Waals surface area contributed by atoms with Crippen molar-refractivity contribution >= 4 is 17.9 Å². The first-order chi connectivity index (χ1) is 10.8. The van der Waals surface area contributed by atoms with Gasteiger partial charge in [-0.2, -0.15) is 5.10 Å². The van der Waals surface area contributed by atoms with E-state index < -0.39 is 0 Å². The summed E-state index contributed by atoms with van der Waals surface area (Å²) < 4.78 is 1.81. The van der Waals surface area contributed by atoms with Crippen LogP contribution in [0.5, 0.6) is 0 Å². The topological polar surface area (TPSA) is 59.3 Å². The number of nitrogens with zero attached hydrogens (tertiary/aromatic N) is 3. The summed E-state index contributed by atoms with van der Waals surface area (Å²) in [6.07, 6.45) is 13.7. The maximum Gasteiger partial charge on any atom is 0.229 e. The first-order valence-electron chi connectivity index (χ1n) is 7.74. The highest BCUT2D eigenvalue weighted by atomic mass is 16.2. The average molecular weight is 294 g/mol. The van der Waals surface area contributed by atoms with Crippen LogP contribution in [-0.2, 0) is 11.2 Å². The van der Waals surface area contributed by atoms with Crippen LogP contribution in [0.2, 0.25) is 0 Å². The quantitative estimate of drug-likeness (QED) is 0.911. The molecule has 4 rings (SSSR count). The molecule has 0 fully saturated rings. The molecule has 3 aliphatic rings. The van der Waals surface area contributed by atoms with E-state index in [0.717, 1.165) is 29.9 Å². The van der Waals surface area contributed by atoms with E-state index in [9.17, 15) is 4.79 Å². The van der Waals surface area contributed by atoms with Crippen LogP contribution in [0.15, 0.2) is 47.0 Å². The van der Waals surface area contributed by atoms with E-state index in [-0.39, 0.29) is 23.9 Å². The number of nitrogens with one attached hydrogen (secondary N) is 1. The van der Waals surface area contributed by atoms with Crippen molar-refractivity contribution in [1.82, 2.24) is 15.1 Å². The highest BCUT2D eigenvalue weighted by Crippen LogP contribution is 2.34. The number of carbonyl (C=O) groups excluding carboxylic acids is 1.